The maximum atomic E-state index is 13.4. The van der Waals surface area contributed by atoms with Gasteiger partial charge in [-0.15, -0.1) is 0 Å². The van der Waals surface area contributed by atoms with Crippen LogP contribution in [-0.4, -0.2) is 17.5 Å². The largest absolute Gasteiger partial charge is 0.466 e. The van der Waals surface area contributed by atoms with E-state index in [0.717, 1.165) is 6.07 Å². The van der Waals surface area contributed by atoms with Crippen LogP contribution in [0, 0.1) is 15.9 Å². The fourth-order valence-corrected chi connectivity index (χ4v) is 1.45. The second kappa shape index (κ2) is 5.58. The predicted octanol–water partition coefficient (Wildman–Crippen LogP) is 2.49. The molecule has 0 saturated carbocycles. The molecule has 1 aromatic carbocycles. The van der Waals surface area contributed by atoms with E-state index >= 15 is 0 Å². The summed E-state index contributed by atoms with van der Waals surface area (Å²) in [5, 5.41) is 10.0. The minimum absolute atomic E-state index is 0.160. The van der Waals surface area contributed by atoms with Crippen LogP contribution in [0.5, 0.6) is 0 Å². The lowest BCUT2D eigenvalue weighted by molar-refractivity contribution is -0.387. The molecular formula is C10H9ClFNO4. The Morgan fingerprint density at radius 2 is 2.24 bits per heavy atom. The predicted molar refractivity (Wildman–Crippen MR) is 58.4 cm³/mol. The van der Waals surface area contributed by atoms with E-state index in [-0.39, 0.29) is 18.6 Å². The van der Waals surface area contributed by atoms with Crippen molar-refractivity contribution in [2.75, 3.05) is 6.61 Å². The molecule has 0 N–H and O–H groups in total. The summed E-state index contributed by atoms with van der Waals surface area (Å²) in [4.78, 5) is 20.7. The van der Waals surface area contributed by atoms with Gasteiger partial charge in [-0.3, -0.25) is 14.9 Å². The number of carbonyl (C=O) groups is 1. The maximum Gasteiger partial charge on any atom is 0.310 e. The SMILES string of the molecule is CCOC(=O)Cc1ccc([N+](=O)[O-])c(F)c1Cl. The number of hydrogen-bond donors (Lipinski definition) is 0. The average molecular weight is 262 g/mol. The topological polar surface area (TPSA) is 69.4 Å². The molecule has 0 aromatic heterocycles. The highest BCUT2D eigenvalue weighted by Crippen LogP contribution is 2.28. The first-order valence-electron chi connectivity index (χ1n) is 4.74. The zero-order valence-electron chi connectivity index (χ0n) is 8.91. The zero-order valence-corrected chi connectivity index (χ0v) is 9.66. The molecule has 0 fully saturated rings. The lowest BCUT2D eigenvalue weighted by Crippen LogP contribution is -2.08. The third kappa shape index (κ3) is 3.13. The molecular weight excluding hydrogens is 253 g/mol. The summed E-state index contributed by atoms with van der Waals surface area (Å²) in [6, 6.07) is 2.20. The molecule has 0 amide bonds. The van der Waals surface area contributed by atoms with Gasteiger partial charge in [0.15, 0.2) is 0 Å². The molecule has 7 heteroatoms. The van der Waals surface area contributed by atoms with Gasteiger partial charge in [-0.05, 0) is 18.6 Å². The average Bonchev–Trinajstić information content (AvgIpc) is 2.25. The van der Waals surface area contributed by atoms with Crippen LogP contribution in [0.15, 0.2) is 12.1 Å². The molecule has 0 heterocycles. The van der Waals surface area contributed by atoms with Crippen molar-refractivity contribution in [3.63, 3.8) is 0 Å². The van der Waals surface area contributed by atoms with Gasteiger partial charge in [0.25, 0.3) is 0 Å². The highest BCUT2D eigenvalue weighted by atomic mass is 35.5. The smallest absolute Gasteiger partial charge is 0.310 e. The molecule has 17 heavy (non-hydrogen) atoms. The van der Waals surface area contributed by atoms with Crippen LogP contribution in [-0.2, 0) is 16.0 Å². The van der Waals surface area contributed by atoms with Crippen LogP contribution in [0.4, 0.5) is 10.1 Å². The Morgan fingerprint density at radius 1 is 1.59 bits per heavy atom. The van der Waals surface area contributed by atoms with Crippen LogP contribution in [0.2, 0.25) is 5.02 Å². The van der Waals surface area contributed by atoms with E-state index in [0.29, 0.717) is 0 Å². The molecule has 0 bridgehead atoms. The van der Waals surface area contributed by atoms with Crippen LogP contribution < -0.4 is 0 Å². The highest BCUT2D eigenvalue weighted by Gasteiger charge is 2.21. The second-order valence-electron chi connectivity index (χ2n) is 3.11. The Kier molecular flexibility index (Phi) is 4.39. The molecule has 1 aromatic rings. The first-order valence-corrected chi connectivity index (χ1v) is 5.12. The second-order valence-corrected chi connectivity index (χ2v) is 3.49. The quantitative estimate of drug-likeness (QED) is 0.474. The van der Waals surface area contributed by atoms with Crippen molar-refractivity contribution in [2.24, 2.45) is 0 Å². The first kappa shape index (κ1) is 13.4. The van der Waals surface area contributed by atoms with Gasteiger partial charge in [-0.2, -0.15) is 4.39 Å². The van der Waals surface area contributed by atoms with Crippen molar-refractivity contribution >= 4 is 23.3 Å². The number of rotatable bonds is 4. The van der Waals surface area contributed by atoms with Crippen LogP contribution in [0.3, 0.4) is 0 Å². The summed E-state index contributed by atoms with van der Waals surface area (Å²) < 4.78 is 18.1. The molecule has 0 aliphatic rings. The molecule has 0 unspecified atom stereocenters. The number of esters is 1. The van der Waals surface area contributed by atoms with Crippen molar-refractivity contribution in [1.29, 1.82) is 0 Å². The van der Waals surface area contributed by atoms with Gasteiger partial charge in [0.1, 0.15) is 0 Å². The summed E-state index contributed by atoms with van der Waals surface area (Å²) in [5.74, 6) is -1.71. The fourth-order valence-electron chi connectivity index (χ4n) is 1.22. The van der Waals surface area contributed by atoms with Gasteiger partial charge in [-0.1, -0.05) is 11.6 Å². The molecule has 0 spiro atoms. The number of nitro benzene ring substituents is 1. The number of benzene rings is 1. The third-order valence-corrected chi connectivity index (χ3v) is 2.39. The lowest BCUT2D eigenvalue weighted by atomic mass is 10.1. The van der Waals surface area contributed by atoms with Crippen molar-refractivity contribution < 1.29 is 18.8 Å². The molecule has 0 aliphatic carbocycles. The molecule has 1 rings (SSSR count). The van der Waals surface area contributed by atoms with Crippen LogP contribution in [0.1, 0.15) is 12.5 Å². The van der Waals surface area contributed by atoms with E-state index in [2.05, 4.69) is 4.74 Å². The Hall–Kier alpha value is -1.69. The van der Waals surface area contributed by atoms with Gasteiger partial charge in [0.2, 0.25) is 5.82 Å². The van der Waals surface area contributed by atoms with Gasteiger partial charge < -0.3 is 4.74 Å². The Morgan fingerprint density at radius 3 is 2.76 bits per heavy atom. The van der Waals surface area contributed by atoms with Crippen molar-refractivity contribution in [2.45, 2.75) is 13.3 Å². The molecule has 92 valence electrons. The summed E-state index contributed by atoms with van der Waals surface area (Å²) in [6.45, 7) is 1.84. The summed E-state index contributed by atoms with van der Waals surface area (Å²) in [5.41, 5.74) is -0.559. The molecule has 0 saturated heterocycles. The molecule has 0 aliphatic heterocycles. The van der Waals surface area contributed by atoms with Crippen LogP contribution in [0.25, 0.3) is 0 Å². The van der Waals surface area contributed by atoms with Crippen molar-refractivity contribution in [1.82, 2.24) is 0 Å². The first-order chi connectivity index (χ1) is 7.97. The highest BCUT2D eigenvalue weighted by molar-refractivity contribution is 6.31. The van der Waals surface area contributed by atoms with E-state index in [4.69, 9.17) is 11.6 Å². The van der Waals surface area contributed by atoms with Gasteiger partial charge in [0.05, 0.1) is 23.0 Å². The number of carbonyl (C=O) groups excluding carboxylic acids is 1. The number of nitro groups is 1. The Labute approximate surface area is 101 Å². The normalized spacial score (nSPS) is 10.1. The number of nitrogens with zero attached hydrogens (tertiary/aromatic N) is 1. The van der Waals surface area contributed by atoms with Gasteiger partial charge >= 0.3 is 11.7 Å². The summed E-state index contributed by atoms with van der Waals surface area (Å²) in [6.07, 6.45) is -0.221. The Balaban J connectivity index is 3.00. The van der Waals surface area contributed by atoms with Crippen LogP contribution >= 0.6 is 11.6 Å². The number of halogens is 2. The number of hydrogen-bond acceptors (Lipinski definition) is 4. The van der Waals surface area contributed by atoms with E-state index in [1.807, 2.05) is 0 Å². The Bertz CT molecular complexity index is 464. The molecule has 5 nitrogen and oxygen atoms in total. The number of ether oxygens (including phenoxy) is 1. The monoisotopic (exact) mass is 261 g/mol. The van der Waals surface area contributed by atoms with E-state index < -0.39 is 27.4 Å². The van der Waals surface area contributed by atoms with E-state index in [1.165, 1.54) is 6.07 Å². The standard InChI is InChI=1S/C10H9ClFNO4/c1-2-17-8(14)5-6-3-4-7(13(15)16)10(12)9(6)11/h3-4H,2,5H2,1H3. The van der Waals surface area contributed by atoms with Gasteiger partial charge in [0, 0.05) is 6.07 Å². The zero-order chi connectivity index (χ0) is 13.0. The minimum Gasteiger partial charge on any atom is -0.466 e. The van der Waals surface area contributed by atoms with E-state index in [1.54, 1.807) is 6.92 Å². The summed E-state index contributed by atoms with van der Waals surface area (Å²) >= 11 is 5.60. The lowest BCUT2D eigenvalue weighted by Gasteiger charge is -2.05. The third-order valence-electron chi connectivity index (χ3n) is 1.98. The van der Waals surface area contributed by atoms with Crippen molar-refractivity contribution in [3.05, 3.63) is 38.7 Å². The van der Waals surface area contributed by atoms with Crippen molar-refractivity contribution in [3.8, 4) is 0 Å². The van der Waals surface area contributed by atoms with Gasteiger partial charge in [-0.25, -0.2) is 0 Å². The summed E-state index contributed by atoms with van der Waals surface area (Å²) in [7, 11) is 0. The maximum absolute atomic E-state index is 13.4. The molecule has 0 atom stereocenters. The fraction of sp³-hybridized carbons (Fsp3) is 0.300. The molecule has 0 radical (unpaired) electrons. The van der Waals surface area contributed by atoms with E-state index in [9.17, 15) is 19.3 Å². The minimum atomic E-state index is -1.14.